The Bertz CT molecular complexity index is 256. The molecule has 0 amide bonds. The second-order valence-electron chi connectivity index (χ2n) is 3.40. The Morgan fingerprint density at radius 1 is 1.67 bits per heavy atom. The molecule has 2 nitrogen and oxygen atoms in total. The highest BCUT2D eigenvalue weighted by atomic mass is 32.4. The van der Waals surface area contributed by atoms with Gasteiger partial charge in [-0.25, -0.2) is 0 Å². The largest absolute Gasteiger partial charge is 0.270 e. The van der Waals surface area contributed by atoms with Crippen LogP contribution >= 0.6 is 6.34 Å². The van der Waals surface area contributed by atoms with Crippen LogP contribution in [0.25, 0.3) is 0 Å². The quantitative estimate of drug-likeness (QED) is 0.463. The third kappa shape index (κ3) is 1.58. The molecule has 0 saturated carbocycles. The van der Waals surface area contributed by atoms with Crippen molar-refractivity contribution in [3.8, 4) is 12.3 Å². The van der Waals surface area contributed by atoms with Gasteiger partial charge < -0.3 is 0 Å². The van der Waals surface area contributed by atoms with E-state index in [1.165, 1.54) is 0 Å². The van der Waals surface area contributed by atoms with E-state index < -0.39 is 6.34 Å². The summed E-state index contributed by atoms with van der Waals surface area (Å²) in [6.07, 6.45) is 4.95. The zero-order valence-corrected chi connectivity index (χ0v) is 9.53. The van der Waals surface area contributed by atoms with Crippen LogP contribution in [0, 0.1) is 18.3 Å². The van der Waals surface area contributed by atoms with Gasteiger partial charge in [-0.1, -0.05) is 11.8 Å². The normalized spacial score (nSPS) is 37.1. The first-order valence-electron chi connectivity index (χ1n) is 3.95. The third-order valence-electron chi connectivity index (χ3n) is 2.34. The molecule has 2 unspecified atom stereocenters. The first-order valence-corrected chi connectivity index (χ1v) is 6.84. The zero-order valence-electron chi connectivity index (χ0n) is 7.82. The molecule has 1 saturated heterocycles. The van der Waals surface area contributed by atoms with Crippen molar-refractivity contribution in [1.29, 1.82) is 0 Å². The molecule has 0 aromatic rings. The third-order valence-corrected chi connectivity index (χ3v) is 8.00. The van der Waals surface area contributed by atoms with Crippen LogP contribution in [0.4, 0.5) is 0 Å². The van der Waals surface area contributed by atoms with Crippen molar-refractivity contribution in [2.45, 2.75) is 0 Å². The molecule has 68 valence electrons. The Balaban J connectivity index is 2.83. The lowest BCUT2D eigenvalue weighted by molar-refractivity contribution is 0.513. The smallest absolute Gasteiger partial charge is 0.0781 e. The Labute approximate surface area is 80.0 Å². The minimum Gasteiger partial charge on any atom is -0.270 e. The SMILES string of the molecule is C#CC1CN(C)P(=S)(N(C)C)C1. The lowest BCUT2D eigenvalue weighted by atomic mass is 10.2. The topological polar surface area (TPSA) is 6.48 Å². The number of terminal acetylenes is 1. The highest BCUT2D eigenvalue weighted by Crippen LogP contribution is 2.56. The van der Waals surface area contributed by atoms with Gasteiger partial charge in [-0.3, -0.25) is 9.34 Å². The molecule has 0 N–H and O–H groups in total. The van der Waals surface area contributed by atoms with Crippen molar-refractivity contribution in [2.24, 2.45) is 5.92 Å². The monoisotopic (exact) mass is 202 g/mol. The maximum Gasteiger partial charge on any atom is 0.0781 e. The molecule has 1 fully saturated rings. The Hall–Kier alpha value is 0.130. The van der Waals surface area contributed by atoms with Gasteiger partial charge in [0.1, 0.15) is 0 Å². The van der Waals surface area contributed by atoms with E-state index in [2.05, 4.69) is 36.4 Å². The number of hydrogen-bond acceptors (Lipinski definition) is 1. The van der Waals surface area contributed by atoms with Crippen LogP contribution in [0.2, 0.25) is 0 Å². The van der Waals surface area contributed by atoms with E-state index in [0.29, 0.717) is 5.92 Å². The molecule has 1 aliphatic rings. The fourth-order valence-electron chi connectivity index (χ4n) is 1.50. The molecular weight excluding hydrogens is 187 g/mol. The summed E-state index contributed by atoms with van der Waals surface area (Å²) in [6, 6.07) is 0. The van der Waals surface area contributed by atoms with Gasteiger partial charge in [0.25, 0.3) is 0 Å². The Morgan fingerprint density at radius 3 is 2.50 bits per heavy atom. The van der Waals surface area contributed by atoms with Crippen LogP contribution in [-0.4, -0.2) is 43.2 Å². The minimum atomic E-state index is -1.45. The van der Waals surface area contributed by atoms with Gasteiger partial charge in [-0.2, -0.15) is 0 Å². The van der Waals surface area contributed by atoms with Gasteiger partial charge in [0, 0.05) is 18.6 Å². The fourth-order valence-corrected chi connectivity index (χ4v) is 4.71. The molecule has 12 heavy (non-hydrogen) atoms. The maximum atomic E-state index is 5.62. The molecule has 0 radical (unpaired) electrons. The van der Waals surface area contributed by atoms with Crippen LogP contribution in [0.3, 0.4) is 0 Å². The molecule has 1 aliphatic heterocycles. The van der Waals surface area contributed by atoms with Gasteiger partial charge in [0.15, 0.2) is 0 Å². The second kappa shape index (κ2) is 3.47. The standard InChI is InChI=1S/C8H15N2PS/c1-5-8-6-10(4)11(12,7-8)9(2)3/h1,8H,6-7H2,2-4H3. The molecule has 2 atom stereocenters. The van der Waals surface area contributed by atoms with Gasteiger partial charge in [0.2, 0.25) is 0 Å². The van der Waals surface area contributed by atoms with Crippen LogP contribution in [-0.2, 0) is 11.8 Å². The van der Waals surface area contributed by atoms with Crippen LogP contribution in [0.5, 0.6) is 0 Å². The molecular formula is C8H15N2PS. The maximum absolute atomic E-state index is 5.62. The molecule has 0 aromatic carbocycles. The Kier molecular flexibility index (Phi) is 2.96. The molecule has 1 heterocycles. The summed E-state index contributed by atoms with van der Waals surface area (Å²) in [5.41, 5.74) is 0. The van der Waals surface area contributed by atoms with Crippen molar-refractivity contribution in [2.75, 3.05) is 33.8 Å². The first-order chi connectivity index (χ1) is 5.50. The number of nitrogens with zero attached hydrogens (tertiary/aromatic N) is 2. The van der Waals surface area contributed by atoms with Gasteiger partial charge in [-0.15, -0.1) is 12.3 Å². The van der Waals surface area contributed by atoms with Gasteiger partial charge in [0.05, 0.1) is 6.34 Å². The minimum absolute atomic E-state index is 0.364. The zero-order chi connectivity index (χ0) is 9.35. The average molecular weight is 202 g/mol. The molecule has 0 aromatic heterocycles. The predicted octanol–water partition coefficient (Wildman–Crippen LogP) is 1.05. The van der Waals surface area contributed by atoms with E-state index in [-0.39, 0.29) is 0 Å². The fraction of sp³-hybridized carbons (Fsp3) is 0.750. The van der Waals surface area contributed by atoms with E-state index >= 15 is 0 Å². The van der Waals surface area contributed by atoms with Crippen LogP contribution in [0.1, 0.15) is 0 Å². The molecule has 0 bridgehead atoms. The van der Waals surface area contributed by atoms with E-state index in [1.54, 1.807) is 0 Å². The summed E-state index contributed by atoms with van der Waals surface area (Å²) < 4.78 is 4.42. The van der Waals surface area contributed by atoms with Crippen molar-refractivity contribution in [3.05, 3.63) is 0 Å². The van der Waals surface area contributed by atoms with E-state index in [1.807, 2.05) is 0 Å². The number of rotatable bonds is 1. The Morgan fingerprint density at radius 2 is 2.25 bits per heavy atom. The van der Waals surface area contributed by atoms with Crippen molar-refractivity contribution < 1.29 is 0 Å². The van der Waals surface area contributed by atoms with Crippen LogP contribution in [0.15, 0.2) is 0 Å². The lowest BCUT2D eigenvalue weighted by Crippen LogP contribution is -2.19. The summed E-state index contributed by atoms with van der Waals surface area (Å²) in [5.74, 6) is 3.16. The van der Waals surface area contributed by atoms with Crippen LogP contribution < -0.4 is 0 Å². The average Bonchev–Trinajstić information content (AvgIpc) is 2.29. The highest BCUT2D eigenvalue weighted by Gasteiger charge is 2.35. The first kappa shape index (κ1) is 10.2. The summed E-state index contributed by atoms with van der Waals surface area (Å²) in [7, 11) is 6.18. The predicted molar refractivity (Wildman–Crippen MR) is 57.8 cm³/mol. The second-order valence-corrected chi connectivity index (χ2v) is 8.33. The summed E-state index contributed by atoms with van der Waals surface area (Å²) in [6.45, 7) is 0.964. The molecule has 1 rings (SSSR count). The molecule has 0 aliphatic carbocycles. The highest BCUT2D eigenvalue weighted by molar-refractivity contribution is 8.12. The number of hydrogen-bond donors (Lipinski definition) is 0. The molecule has 0 spiro atoms. The lowest BCUT2D eigenvalue weighted by Gasteiger charge is -2.30. The summed E-state index contributed by atoms with van der Waals surface area (Å²) in [5, 5.41) is 0. The summed E-state index contributed by atoms with van der Waals surface area (Å²) in [4.78, 5) is 0. The van der Waals surface area contributed by atoms with E-state index in [9.17, 15) is 0 Å². The molecule has 4 heteroatoms. The van der Waals surface area contributed by atoms with Gasteiger partial charge >= 0.3 is 0 Å². The van der Waals surface area contributed by atoms with Crippen molar-refractivity contribution in [3.63, 3.8) is 0 Å². The van der Waals surface area contributed by atoms with Crippen molar-refractivity contribution in [1.82, 2.24) is 9.34 Å². The van der Waals surface area contributed by atoms with E-state index in [4.69, 9.17) is 18.2 Å². The summed E-state index contributed by atoms with van der Waals surface area (Å²) >= 11 is 5.62. The van der Waals surface area contributed by atoms with E-state index in [0.717, 1.165) is 12.7 Å². The van der Waals surface area contributed by atoms with Gasteiger partial charge in [-0.05, 0) is 21.1 Å². The van der Waals surface area contributed by atoms with Crippen molar-refractivity contribution >= 4 is 18.1 Å².